The fraction of sp³-hybridized carbons (Fsp3) is 0.714. The number of aliphatic carboxylic acids is 1. The second-order valence-electron chi connectivity index (χ2n) is 2.86. The summed E-state index contributed by atoms with van der Waals surface area (Å²) in [4.78, 5) is 23.0. The fourth-order valence-electron chi connectivity index (χ4n) is 1.10. The van der Waals surface area contributed by atoms with Gasteiger partial charge in [-0.15, -0.1) is 11.8 Å². The van der Waals surface area contributed by atoms with Gasteiger partial charge in [0.2, 0.25) is 5.91 Å². The van der Waals surface area contributed by atoms with Crippen LogP contribution in [0.5, 0.6) is 0 Å². The van der Waals surface area contributed by atoms with E-state index in [9.17, 15) is 9.59 Å². The van der Waals surface area contributed by atoms with E-state index in [-0.39, 0.29) is 18.5 Å². The summed E-state index contributed by atoms with van der Waals surface area (Å²) in [5.41, 5.74) is 0. The lowest BCUT2D eigenvalue weighted by molar-refractivity contribution is -0.143. The largest absolute Gasteiger partial charge is 0.480 e. The van der Waals surface area contributed by atoms with Crippen molar-refractivity contribution in [3.05, 3.63) is 0 Å². The van der Waals surface area contributed by atoms with Crippen molar-refractivity contribution in [2.75, 3.05) is 25.2 Å². The Balaban J connectivity index is 2.41. The van der Waals surface area contributed by atoms with Crippen molar-refractivity contribution >= 4 is 23.6 Å². The molecule has 1 aliphatic rings. The van der Waals surface area contributed by atoms with Gasteiger partial charge in [0.25, 0.3) is 0 Å². The van der Waals surface area contributed by atoms with E-state index in [0.717, 1.165) is 11.6 Å². The summed E-state index contributed by atoms with van der Waals surface area (Å²) in [5.74, 6) is 0.356. The second kappa shape index (κ2) is 4.48. The molecule has 1 heterocycles. The topological polar surface area (TPSA) is 69.6 Å². The number of carbonyl (C=O) groups excluding carboxylic acids is 1. The van der Waals surface area contributed by atoms with Crippen LogP contribution in [0.15, 0.2) is 0 Å². The quantitative estimate of drug-likeness (QED) is 0.629. The third-order valence-corrected chi connectivity index (χ3v) is 2.70. The number of carbonyl (C=O) groups is 2. The molecule has 1 unspecified atom stereocenters. The third-order valence-electron chi connectivity index (χ3n) is 1.76. The monoisotopic (exact) mass is 204 g/mol. The molecule has 6 heteroatoms. The summed E-state index contributed by atoms with van der Waals surface area (Å²) in [7, 11) is 1.50. The standard InChI is InChI=1S/C7H12N2O3S/c1-9(2-6(10)11)7(12)5-3-13-4-8-5/h5,8H,2-4H2,1H3,(H,10,11). The molecule has 1 saturated heterocycles. The molecule has 5 nitrogen and oxygen atoms in total. The van der Waals surface area contributed by atoms with Gasteiger partial charge in [0, 0.05) is 18.7 Å². The average molecular weight is 204 g/mol. The van der Waals surface area contributed by atoms with Crippen LogP contribution < -0.4 is 5.32 Å². The molecule has 1 atom stereocenters. The fourth-order valence-corrected chi connectivity index (χ4v) is 2.03. The molecular formula is C7H12N2O3S. The molecule has 0 aromatic heterocycles. The predicted octanol–water partition coefficient (Wildman–Crippen LogP) is -0.808. The molecule has 0 aromatic rings. The first-order valence-electron chi connectivity index (χ1n) is 3.89. The Bertz CT molecular complexity index is 216. The van der Waals surface area contributed by atoms with Crippen LogP contribution in [0.25, 0.3) is 0 Å². The maximum atomic E-state index is 11.5. The first-order chi connectivity index (χ1) is 6.11. The highest BCUT2D eigenvalue weighted by Gasteiger charge is 2.25. The lowest BCUT2D eigenvalue weighted by Crippen LogP contribution is -2.44. The minimum absolute atomic E-state index is 0.146. The Labute approximate surface area is 80.5 Å². The zero-order valence-electron chi connectivity index (χ0n) is 7.32. The van der Waals surface area contributed by atoms with Crippen LogP contribution >= 0.6 is 11.8 Å². The molecule has 1 amide bonds. The van der Waals surface area contributed by atoms with Gasteiger partial charge in [0.15, 0.2) is 0 Å². The second-order valence-corrected chi connectivity index (χ2v) is 3.89. The smallest absolute Gasteiger partial charge is 0.323 e. The highest BCUT2D eigenvalue weighted by Crippen LogP contribution is 2.10. The van der Waals surface area contributed by atoms with Crippen LogP contribution in [0, 0.1) is 0 Å². The van der Waals surface area contributed by atoms with Crippen LogP contribution in [0.3, 0.4) is 0 Å². The molecule has 1 aliphatic heterocycles. The Morgan fingerprint density at radius 1 is 1.69 bits per heavy atom. The molecule has 0 aromatic carbocycles. The summed E-state index contributed by atoms with van der Waals surface area (Å²) in [6.07, 6.45) is 0. The van der Waals surface area contributed by atoms with Gasteiger partial charge in [-0.3, -0.25) is 14.9 Å². The molecule has 0 saturated carbocycles. The molecule has 1 rings (SSSR count). The van der Waals surface area contributed by atoms with Crippen LogP contribution in [0.4, 0.5) is 0 Å². The number of thioether (sulfide) groups is 1. The van der Waals surface area contributed by atoms with Crippen molar-refractivity contribution in [2.45, 2.75) is 6.04 Å². The first kappa shape index (κ1) is 10.3. The van der Waals surface area contributed by atoms with Gasteiger partial charge in [0.1, 0.15) is 6.54 Å². The molecule has 2 N–H and O–H groups in total. The number of nitrogens with zero attached hydrogens (tertiary/aromatic N) is 1. The minimum Gasteiger partial charge on any atom is -0.480 e. The molecular weight excluding hydrogens is 192 g/mol. The zero-order chi connectivity index (χ0) is 9.84. The van der Waals surface area contributed by atoms with Gasteiger partial charge >= 0.3 is 5.97 Å². The maximum absolute atomic E-state index is 11.5. The number of hydrogen-bond acceptors (Lipinski definition) is 4. The third kappa shape index (κ3) is 2.89. The Hall–Kier alpha value is -0.750. The van der Waals surface area contributed by atoms with Gasteiger partial charge in [-0.2, -0.15) is 0 Å². The van der Waals surface area contributed by atoms with Crippen molar-refractivity contribution in [3.63, 3.8) is 0 Å². The van der Waals surface area contributed by atoms with Gasteiger partial charge in [-0.1, -0.05) is 0 Å². The number of carboxylic acid groups (broad SMARTS) is 1. The highest BCUT2D eigenvalue weighted by atomic mass is 32.2. The Kier molecular flexibility index (Phi) is 3.56. The van der Waals surface area contributed by atoms with E-state index in [2.05, 4.69) is 5.32 Å². The van der Waals surface area contributed by atoms with E-state index in [0.29, 0.717) is 0 Å². The minimum atomic E-state index is -0.985. The molecule has 0 aliphatic carbocycles. The molecule has 0 bridgehead atoms. The van der Waals surface area contributed by atoms with Crippen molar-refractivity contribution in [1.82, 2.24) is 10.2 Å². The first-order valence-corrected chi connectivity index (χ1v) is 5.04. The number of hydrogen-bond donors (Lipinski definition) is 2. The molecule has 0 radical (unpaired) electrons. The van der Waals surface area contributed by atoms with E-state index >= 15 is 0 Å². The normalized spacial score (nSPS) is 21.5. The van der Waals surface area contributed by atoms with Crippen LogP contribution in [-0.4, -0.2) is 53.1 Å². The number of carboxylic acids is 1. The van der Waals surface area contributed by atoms with E-state index in [1.54, 1.807) is 11.8 Å². The van der Waals surface area contributed by atoms with Crippen LogP contribution in [0.1, 0.15) is 0 Å². The van der Waals surface area contributed by atoms with Crippen molar-refractivity contribution in [2.24, 2.45) is 0 Å². The Morgan fingerprint density at radius 2 is 2.38 bits per heavy atom. The van der Waals surface area contributed by atoms with Gasteiger partial charge in [-0.05, 0) is 0 Å². The van der Waals surface area contributed by atoms with Crippen molar-refractivity contribution < 1.29 is 14.7 Å². The lowest BCUT2D eigenvalue weighted by atomic mass is 10.3. The number of likely N-dealkylation sites (N-methyl/N-ethyl adjacent to an activating group) is 1. The Morgan fingerprint density at radius 3 is 2.85 bits per heavy atom. The van der Waals surface area contributed by atoms with E-state index in [1.807, 2.05) is 0 Å². The number of rotatable bonds is 3. The van der Waals surface area contributed by atoms with Gasteiger partial charge < -0.3 is 10.0 Å². The van der Waals surface area contributed by atoms with Crippen molar-refractivity contribution in [1.29, 1.82) is 0 Å². The van der Waals surface area contributed by atoms with E-state index in [4.69, 9.17) is 5.11 Å². The van der Waals surface area contributed by atoms with Gasteiger partial charge in [-0.25, -0.2) is 0 Å². The SMILES string of the molecule is CN(CC(=O)O)C(=O)C1CSCN1. The summed E-state index contributed by atoms with van der Waals surface area (Å²) in [6.45, 7) is -0.234. The van der Waals surface area contributed by atoms with E-state index in [1.165, 1.54) is 11.9 Å². The zero-order valence-corrected chi connectivity index (χ0v) is 8.13. The lowest BCUT2D eigenvalue weighted by Gasteiger charge is -2.18. The average Bonchev–Trinajstić information content (AvgIpc) is 2.53. The predicted molar refractivity (Wildman–Crippen MR) is 49.5 cm³/mol. The van der Waals surface area contributed by atoms with Gasteiger partial charge in [0.05, 0.1) is 6.04 Å². The summed E-state index contributed by atoms with van der Waals surface area (Å²) in [5, 5.41) is 11.4. The number of amides is 1. The molecule has 0 spiro atoms. The molecule has 13 heavy (non-hydrogen) atoms. The maximum Gasteiger partial charge on any atom is 0.323 e. The van der Waals surface area contributed by atoms with E-state index < -0.39 is 5.97 Å². The molecule has 1 fully saturated rings. The highest BCUT2D eigenvalue weighted by molar-refractivity contribution is 7.99. The summed E-state index contributed by atoms with van der Waals surface area (Å²) in [6, 6.07) is -0.214. The van der Waals surface area contributed by atoms with Crippen molar-refractivity contribution in [3.8, 4) is 0 Å². The molecule has 74 valence electrons. The van der Waals surface area contributed by atoms with Crippen LogP contribution in [-0.2, 0) is 9.59 Å². The number of nitrogens with one attached hydrogen (secondary N) is 1. The summed E-state index contributed by atoms with van der Waals surface area (Å²) < 4.78 is 0. The summed E-state index contributed by atoms with van der Waals surface area (Å²) >= 11 is 1.64. The van der Waals surface area contributed by atoms with Crippen LogP contribution in [0.2, 0.25) is 0 Å².